The molecule has 0 saturated carbocycles. The Labute approximate surface area is 152 Å². The van der Waals surface area contributed by atoms with Gasteiger partial charge in [-0.05, 0) is 37.8 Å². The zero-order valence-corrected chi connectivity index (χ0v) is 15.0. The number of aromatic hydroxyl groups is 1. The van der Waals surface area contributed by atoms with E-state index in [4.69, 9.17) is 4.74 Å². The maximum absolute atomic E-state index is 14.0. The number of carbonyl (C=O) groups is 2. The van der Waals surface area contributed by atoms with Gasteiger partial charge in [0.2, 0.25) is 5.91 Å². The first-order valence-electron chi connectivity index (χ1n) is 9.03. The van der Waals surface area contributed by atoms with Crippen LogP contribution in [0.1, 0.15) is 36.0 Å². The number of hydrogen-bond acceptors (Lipinski definition) is 4. The molecule has 2 aliphatic heterocycles. The van der Waals surface area contributed by atoms with Gasteiger partial charge < -0.3 is 19.6 Å². The Hall–Kier alpha value is -2.15. The summed E-state index contributed by atoms with van der Waals surface area (Å²) < 4.78 is 19.1. The first-order valence-corrected chi connectivity index (χ1v) is 9.03. The molecule has 2 heterocycles. The van der Waals surface area contributed by atoms with Crippen molar-refractivity contribution in [1.29, 1.82) is 0 Å². The van der Waals surface area contributed by atoms with Crippen LogP contribution in [0.15, 0.2) is 18.2 Å². The monoisotopic (exact) mass is 364 g/mol. The summed E-state index contributed by atoms with van der Waals surface area (Å²) in [5.74, 6) is -1.59. The van der Waals surface area contributed by atoms with E-state index >= 15 is 0 Å². The molecule has 7 heteroatoms. The minimum absolute atomic E-state index is 0.0768. The highest BCUT2D eigenvalue weighted by Gasteiger charge is 2.49. The largest absolute Gasteiger partial charge is 0.507 e. The number of rotatable bonds is 5. The van der Waals surface area contributed by atoms with Crippen LogP contribution in [0.4, 0.5) is 4.39 Å². The average Bonchev–Trinajstić information content (AvgIpc) is 3.04. The molecule has 142 valence electrons. The number of halogens is 1. The average molecular weight is 364 g/mol. The van der Waals surface area contributed by atoms with Crippen molar-refractivity contribution >= 4 is 11.8 Å². The fraction of sp³-hybridized carbons (Fsp3) is 0.579. The smallest absolute Gasteiger partial charge is 0.260 e. The third-order valence-electron chi connectivity index (χ3n) is 5.45. The van der Waals surface area contributed by atoms with E-state index in [1.807, 2.05) is 4.90 Å². The number of carbonyl (C=O) groups excluding carboxylic acids is 2. The molecule has 26 heavy (non-hydrogen) atoms. The third kappa shape index (κ3) is 3.40. The van der Waals surface area contributed by atoms with Gasteiger partial charge in [-0.25, -0.2) is 4.39 Å². The van der Waals surface area contributed by atoms with Gasteiger partial charge >= 0.3 is 0 Å². The molecule has 1 aromatic carbocycles. The molecule has 6 nitrogen and oxygen atoms in total. The van der Waals surface area contributed by atoms with Crippen molar-refractivity contribution in [2.24, 2.45) is 5.41 Å². The molecule has 0 radical (unpaired) electrons. The first-order chi connectivity index (χ1) is 12.5. The van der Waals surface area contributed by atoms with Crippen LogP contribution in [0, 0.1) is 11.2 Å². The summed E-state index contributed by atoms with van der Waals surface area (Å²) in [6.45, 7) is 2.65. The number of amides is 2. The molecule has 2 fully saturated rings. The van der Waals surface area contributed by atoms with Crippen LogP contribution < -0.4 is 0 Å². The maximum atomic E-state index is 14.0. The predicted molar refractivity (Wildman–Crippen MR) is 93.3 cm³/mol. The van der Waals surface area contributed by atoms with Gasteiger partial charge in [0, 0.05) is 39.9 Å². The standard InChI is InChI=1S/C19H25FN2O4/c1-26-12-4-10-21-9-3-7-19(18(21)25)8-11-22(13-19)17(24)16-14(20)5-2-6-15(16)23/h2,5-6,23H,3-4,7-13H2,1H3/t19-/m0/s1. The quantitative estimate of drug-likeness (QED) is 0.812. The van der Waals surface area contributed by atoms with Gasteiger partial charge in [-0.1, -0.05) is 6.07 Å². The number of methoxy groups -OCH3 is 1. The lowest BCUT2D eigenvalue weighted by Gasteiger charge is -2.39. The molecule has 0 aromatic heterocycles. The Balaban J connectivity index is 1.72. The van der Waals surface area contributed by atoms with Gasteiger partial charge in [0.25, 0.3) is 5.91 Å². The van der Waals surface area contributed by atoms with Gasteiger partial charge in [-0.3, -0.25) is 9.59 Å². The van der Waals surface area contributed by atoms with E-state index in [9.17, 15) is 19.1 Å². The van der Waals surface area contributed by atoms with Gasteiger partial charge in [-0.15, -0.1) is 0 Å². The first kappa shape index (κ1) is 18.6. The molecule has 0 bridgehead atoms. The van der Waals surface area contributed by atoms with E-state index in [0.717, 1.165) is 31.9 Å². The minimum Gasteiger partial charge on any atom is -0.507 e. The molecule has 1 atom stereocenters. The fourth-order valence-corrected chi connectivity index (χ4v) is 4.07. The highest BCUT2D eigenvalue weighted by atomic mass is 19.1. The zero-order valence-electron chi connectivity index (χ0n) is 15.0. The number of piperidine rings is 1. The molecule has 0 unspecified atom stereocenters. The lowest BCUT2D eigenvalue weighted by Crippen LogP contribution is -2.50. The highest BCUT2D eigenvalue weighted by Crippen LogP contribution is 2.41. The van der Waals surface area contributed by atoms with E-state index in [1.165, 1.54) is 17.0 Å². The van der Waals surface area contributed by atoms with Crippen molar-refractivity contribution < 1.29 is 23.8 Å². The highest BCUT2D eigenvalue weighted by molar-refractivity contribution is 5.98. The molecule has 0 aliphatic carbocycles. The second kappa shape index (κ2) is 7.61. The topological polar surface area (TPSA) is 70.1 Å². The summed E-state index contributed by atoms with van der Waals surface area (Å²) in [6, 6.07) is 3.81. The molecule has 2 amide bonds. The summed E-state index contributed by atoms with van der Waals surface area (Å²) in [5.41, 5.74) is -0.897. The lowest BCUT2D eigenvalue weighted by molar-refractivity contribution is -0.145. The molecule has 1 spiro atoms. The van der Waals surface area contributed by atoms with E-state index in [0.29, 0.717) is 26.1 Å². The second-order valence-corrected chi connectivity index (χ2v) is 7.13. The van der Waals surface area contributed by atoms with E-state index in [-0.39, 0.29) is 23.8 Å². The van der Waals surface area contributed by atoms with Crippen molar-refractivity contribution in [2.45, 2.75) is 25.7 Å². The Morgan fingerprint density at radius 3 is 2.88 bits per heavy atom. The second-order valence-electron chi connectivity index (χ2n) is 7.13. The zero-order chi connectivity index (χ0) is 18.7. The van der Waals surface area contributed by atoms with Crippen molar-refractivity contribution in [1.82, 2.24) is 9.80 Å². The summed E-state index contributed by atoms with van der Waals surface area (Å²) in [7, 11) is 1.64. The Morgan fingerprint density at radius 1 is 1.35 bits per heavy atom. The fourth-order valence-electron chi connectivity index (χ4n) is 4.07. The van der Waals surface area contributed by atoms with Crippen LogP contribution >= 0.6 is 0 Å². The van der Waals surface area contributed by atoms with Crippen LogP contribution in [-0.2, 0) is 9.53 Å². The van der Waals surface area contributed by atoms with Crippen molar-refractivity contribution in [3.63, 3.8) is 0 Å². The predicted octanol–water partition coefficient (Wildman–Crippen LogP) is 2.02. The number of phenols is 1. The number of likely N-dealkylation sites (tertiary alicyclic amines) is 2. The van der Waals surface area contributed by atoms with E-state index in [2.05, 4.69) is 0 Å². The molecular formula is C19H25FN2O4. The van der Waals surface area contributed by atoms with Crippen LogP contribution in [-0.4, -0.2) is 66.6 Å². The number of ether oxygens (including phenoxy) is 1. The Morgan fingerprint density at radius 2 is 2.15 bits per heavy atom. The molecule has 3 rings (SSSR count). The lowest BCUT2D eigenvalue weighted by atomic mass is 9.78. The van der Waals surface area contributed by atoms with Crippen LogP contribution in [0.3, 0.4) is 0 Å². The molecule has 1 aromatic rings. The minimum atomic E-state index is -0.743. The summed E-state index contributed by atoms with van der Waals surface area (Å²) >= 11 is 0. The number of nitrogens with zero attached hydrogens (tertiary/aromatic N) is 2. The SMILES string of the molecule is COCCCN1CCC[C@@]2(CCN(C(=O)c3c(O)cccc3F)C2)C1=O. The number of hydrogen-bond donors (Lipinski definition) is 1. The summed E-state index contributed by atoms with van der Waals surface area (Å²) in [4.78, 5) is 29.1. The van der Waals surface area contributed by atoms with Crippen molar-refractivity contribution in [3.05, 3.63) is 29.6 Å². The van der Waals surface area contributed by atoms with Gasteiger partial charge in [0.15, 0.2) is 0 Å². The molecule has 2 aliphatic rings. The third-order valence-corrected chi connectivity index (χ3v) is 5.45. The Bertz CT molecular complexity index is 676. The van der Waals surface area contributed by atoms with Crippen LogP contribution in [0.5, 0.6) is 5.75 Å². The van der Waals surface area contributed by atoms with Gasteiger partial charge in [0.1, 0.15) is 17.1 Å². The van der Waals surface area contributed by atoms with E-state index < -0.39 is 17.1 Å². The molecule has 1 N–H and O–H groups in total. The normalized spacial score (nSPS) is 23.1. The summed E-state index contributed by atoms with van der Waals surface area (Å²) in [6.07, 6.45) is 2.99. The van der Waals surface area contributed by atoms with Crippen molar-refractivity contribution in [3.8, 4) is 5.75 Å². The van der Waals surface area contributed by atoms with E-state index in [1.54, 1.807) is 7.11 Å². The number of benzene rings is 1. The molecular weight excluding hydrogens is 339 g/mol. The number of phenolic OH excluding ortho intramolecular Hbond substituents is 1. The Kier molecular flexibility index (Phi) is 5.46. The van der Waals surface area contributed by atoms with Crippen molar-refractivity contribution in [2.75, 3.05) is 39.9 Å². The van der Waals surface area contributed by atoms with Crippen LogP contribution in [0.2, 0.25) is 0 Å². The van der Waals surface area contributed by atoms with Gasteiger partial charge in [0.05, 0.1) is 5.41 Å². The van der Waals surface area contributed by atoms with Crippen LogP contribution in [0.25, 0.3) is 0 Å². The summed E-state index contributed by atoms with van der Waals surface area (Å²) in [5, 5.41) is 9.86. The molecule has 2 saturated heterocycles. The van der Waals surface area contributed by atoms with Gasteiger partial charge in [-0.2, -0.15) is 0 Å². The maximum Gasteiger partial charge on any atom is 0.260 e.